The van der Waals surface area contributed by atoms with Crippen LogP contribution in [0.4, 0.5) is 0 Å². The van der Waals surface area contributed by atoms with Crippen LogP contribution in [0.5, 0.6) is 0 Å². The first-order valence-electron chi connectivity index (χ1n) is 4.85. The molecule has 0 spiro atoms. The Morgan fingerprint density at radius 3 is 2.12 bits per heavy atom. The third kappa shape index (κ3) is 5.61. The molecule has 16 heavy (non-hydrogen) atoms. The normalized spacial score (nSPS) is 7.88. The van der Waals surface area contributed by atoms with Crippen LogP contribution in [-0.2, 0) is 4.79 Å². The maximum Gasteiger partial charge on any atom is 0.377 e. The third-order valence-corrected chi connectivity index (χ3v) is 1.58. The zero-order valence-corrected chi connectivity index (χ0v) is 9.36. The molecule has 1 N–H and O–H groups in total. The summed E-state index contributed by atoms with van der Waals surface area (Å²) in [7, 11) is 0. The van der Waals surface area contributed by atoms with Gasteiger partial charge >= 0.3 is 5.97 Å². The molecule has 0 saturated heterocycles. The first-order chi connectivity index (χ1) is 7.63. The number of carbonyl (C=O) groups excluding carboxylic acids is 1. The highest BCUT2D eigenvalue weighted by Gasteiger charge is 2.12. The Labute approximate surface area is 95.1 Å². The van der Waals surface area contributed by atoms with E-state index in [1.54, 1.807) is 18.2 Å². The fourth-order valence-electron chi connectivity index (χ4n) is 0.890. The summed E-state index contributed by atoms with van der Waals surface area (Å²) < 4.78 is 0. The van der Waals surface area contributed by atoms with E-state index >= 15 is 0 Å². The summed E-state index contributed by atoms with van der Waals surface area (Å²) in [4.78, 5) is 20.9. The maximum atomic E-state index is 10.7. The average Bonchev–Trinajstić information content (AvgIpc) is 2.31. The quantitative estimate of drug-likeness (QED) is 0.471. The predicted molar refractivity (Wildman–Crippen MR) is 62.1 cm³/mol. The number of benzene rings is 1. The fourth-order valence-corrected chi connectivity index (χ4v) is 0.890. The van der Waals surface area contributed by atoms with Crippen molar-refractivity contribution in [2.24, 2.45) is 0 Å². The molecule has 0 aliphatic heterocycles. The van der Waals surface area contributed by atoms with Crippen LogP contribution in [0.2, 0.25) is 0 Å². The van der Waals surface area contributed by atoms with Crippen molar-refractivity contribution in [3.05, 3.63) is 35.9 Å². The Kier molecular flexibility index (Phi) is 7.17. The number of hydrogen-bond acceptors (Lipinski definition) is 2. The van der Waals surface area contributed by atoms with Crippen LogP contribution in [-0.4, -0.2) is 16.9 Å². The summed E-state index contributed by atoms with van der Waals surface area (Å²) in [5, 5.41) is 8.29. The van der Waals surface area contributed by atoms with Gasteiger partial charge in [-0.2, -0.15) is 0 Å². The Morgan fingerprint density at radius 2 is 1.81 bits per heavy atom. The van der Waals surface area contributed by atoms with Crippen LogP contribution in [0, 0.1) is 11.8 Å². The lowest BCUT2D eigenvalue weighted by Crippen LogP contribution is -2.12. The first-order valence-corrected chi connectivity index (χ1v) is 4.85. The number of aliphatic carboxylic acids is 1. The molecule has 1 aromatic rings. The molecule has 0 saturated carbocycles. The van der Waals surface area contributed by atoms with Gasteiger partial charge in [0.05, 0.1) is 0 Å². The van der Waals surface area contributed by atoms with Crippen molar-refractivity contribution in [3.63, 3.8) is 0 Å². The molecule has 0 atom stereocenters. The predicted octanol–water partition coefficient (Wildman–Crippen LogP) is 2.37. The van der Waals surface area contributed by atoms with Gasteiger partial charge in [-0.05, 0) is 6.92 Å². The van der Waals surface area contributed by atoms with Crippen molar-refractivity contribution < 1.29 is 14.7 Å². The Hall–Kier alpha value is -2.08. The lowest BCUT2D eigenvalue weighted by molar-refractivity contribution is -0.131. The molecule has 0 aliphatic rings. The molecule has 1 aromatic carbocycles. The number of Topliss-reactive ketones (excluding diaryl/α,β-unsaturated/α-hetero) is 1. The molecular weight excluding hydrogens is 204 g/mol. The number of carboxylic acids is 1. The van der Waals surface area contributed by atoms with E-state index in [1.807, 2.05) is 13.8 Å². The van der Waals surface area contributed by atoms with Crippen molar-refractivity contribution in [1.29, 1.82) is 0 Å². The zero-order chi connectivity index (χ0) is 12.4. The van der Waals surface area contributed by atoms with Gasteiger partial charge < -0.3 is 5.11 Å². The molecule has 0 aliphatic carbocycles. The first kappa shape index (κ1) is 13.9. The second-order valence-corrected chi connectivity index (χ2v) is 2.78. The van der Waals surface area contributed by atoms with E-state index in [2.05, 4.69) is 11.8 Å². The molecular formula is C13H14O3. The third-order valence-electron chi connectivity index (χ3n) is 1.58. The van der Waals surface area contributed by atoms with Gasteiger partial charge in [-0.3, -0.25) is 4.79 Å². The van der Waals surface area contributed by atoms with Crippen LogP contribution in [0.15, 0.2) is 30.3 Å². The molecule has 1 rings (SSSR count). The maximum absolute atomic E-state index is 10.7. The highest BCUT2D eigenvalue weighted by Crippen LogP contribution is 1.98. The average molecular weight is 218 g/mol. The Balaban J connectivity index is 0.000000385. The lowest BCUT2D eigenvalue weighted by Gasteiger charge is -1.91. The molecule has 0 radical (unpaired) electrons. The van der Waals surface area contributed by atoms with Gasteiger partial charge in [-0.1, -0.05) is 37.3 Å². The summed E-state index contributed by atoms with van der Waals surface area (Å²) in [6.45, 7) is 3.89. The smallest absolute Gasteiger partial charge is 0.377 e. The lowest BCUT2D eigenvalue weighted by atomic mass is 10.1. The van der Waals surface area contributed by atoms with E-state index in [4.69, 9.17) is 5.11 Å². The van der Waals surface area contributed by atoms with Gasteiger partial charge in [0.25, 0.3) is 5.78 Å². The standard InChI is InChI=1S/C8H6O3.C5H8/c9-7(8(10)11)6-4-2-1-3-5-6;1-3-5-4-2/h1-5H,(H,10,11);3H2,1-2H3. The van der Waals surface area contributed by atoms with E-state index in [0.29, 0.717) is 0 Å². The minimum absolute atomic E-state index is 0.208. The van der Waals surface area contributed by atoms with Crippen LogP contribution in [0.3, 0.4) is 0 Å². The molecule has 0 heterocycles. The number of carboxylic acid groups (broad SMARTS) is 1. The van der Waals surface area contributed by atoms with Crippen molar-refractivity contribution in [2.75, 3.05) is 0 Å². The summed E-state index contributed by atoms with van der Waals surface area (Å²) >= 11 is 0. The van der Waals surface area contributed by atoms with Crippen molar-refractivity contribution in [1.82, 2.24) is 0 Å². The highest BCUT2D eigenvalue weighted by atomic mass is 16.4. The van der Waals surface area contributed by atoms with Crippen LogP contribution < -0.4 is 0 Å². The van der Waals surface area contributed by atoms with Crippen LogP contribution in [0.25, 0.3) is 0 Å². The summed E-state index contributed by atoms with van der Waals surface area (Å²) in [6, 6.07) is 7.90. The second kappa shape index (κ2) is 8.25. The number of rotatable bonds is 2. The second-order valence-electron chi connectivity index (χ2n) is 2.78. The minimum Gasteiger partial charge on any atom is -0.475 e. The topological polar surface area (TPSA) is 54.4 Å². The van der Waals surface area contributed by atoms with Crippen LogP contribution >= 0.6 is 0 Å². The molecule has 0 fully saturated rings. The van der Waals surface area contributed by atoms with Crippen molar-refractivity contribution in [2.45, 2.75) is 20.3 Å². The number of ketones is 1. The van der Waals surface area contributed by atoms with E-state index in [1.165, 1.54) is 12.1 Å². The van der Waals surface area contributed by atoms with Gasteiger partial charge in [-0.25, -0.2) is 4.79 Å². The van der Waals surface area contributed by atoms with E-state index in [0.717, 1.165) is 6.42 Å². The molecule has 84 valence electrons. The Bertz CT molecular complexity index is 396. The van der Waals surface area contributed by atoms with E-state index in [9.17, 15) is 9.59 Å². The minimum atomic E-state index is -1.42. The fraction of sp³-hybridized carbons (Fsp3) is 0.231. The monoisotopic (exact) mass is 218 g/mol. The molecule has 3 heteroatoms. The number of carbonyl (C=O) groups is 2. The molecule has 0 amide bonds. The van der Waals surface area contributed by atoms with E-state index in [-0.39, 0.29) is 5.56 Å². The van der Waals surface area contributed by atoms with E-state index < -0.39 is 11.8 Å². The molecule has 3 nitrogen and oxygen atoms in total. The summed E-state index contributed by atoms with van der Waals surface area (Å²) in [5.74, 6) is 3.34. The van der Waals surface area contributed by atoms with Gasteiger partial charge in [0.15, 0.2) is 0 Å². The van der Waals surface area contributed by atoms with Gasteiger partial charge in [0, 0.05) is 12.0 Å². The highest BCUT2D eigenvalue weighted by molar-refractivity contribution is 6.39. The van der Waals surface area contributed by atoms with Crippen molar-refractivity contribution in [3.8, 4) is 11.8 Å². The SMILES string of the molecule is CC#CCC.O=C(O)C(=O)c1ccccc1. The van der Waals surface area contributed by atoms with Crippen molar-refractivity contribution >= 4 is 11.8 Å². The molecule has 0 unspecified atom stereocenters. The summed E-state index contributed by atoms with van der Waals surface area (Å²) in [6.07, 6.45) is 0.983. The largest absolute Gasteiger partial charge is 0.475 e. The molecule has 0 aromatic heterocycles. The molecule has 0 bridgehead atoms. The zero-order valence-electron chi connectivity index (χ0n) is 9.36. The van der Waals surface area contributed by atoms with Gasteiger partial charge in [0.2, 0.25) is 0 Å². The number of hydrogen-bond donors (Lipinski definition) is 1. The van der Waals surface area contributed by atoms with Gasteiger partial charge in [0.1, 0.15) is 0 Å². The Morgan fingerprint density at radius 1 is 1.25 bits per heavy atom. The van der Waals surface area contributed by atoms with Crippen LogP contribution in [0.1, 0.15) is 30.6 Å². The van der Waals surface area contributed by atoms with Gasteiger partial charge in [-0.15, -0.1) is 11.8 Å². The summed E-state index contributed by atoms with van der Waals surface area (Å²) in [5.41, 5.74) is 0.208.